The number of aliphatic hydroxyl groups excluding tert-OH is 2. The van der Waals surface area contributed by atoms with E-state index in [2.05, 4.69) is 106 Å². The van der Waals surface area contributed by atoms with Gasteiger partial charge in [0, 0.05) is 116 Å². The monoisotopic (exact) mass is 1360 g/mol. The molecule has 4 spiro atoms. The molecule has 6 heterocycles. The number of methoxy groups -OCH3 is 1. The van der Waals surface area contributed by atoms with E-state index in [1.165, 1.54) is 19.6 Å². The molecule has 6 aromatic rings. The Kier molecular flexibility index (Phi) is 17.8. The topological polar surface area (TPSA) is 216 Å². The second-order valence-electron chi connectivity index (χ2n) is 32.4. The van der Waals surface area contributed by atoms with Gasteiger partial charge in [-0.3, -0.25) is 14.4 Å². The Hall–Kier alpha value is -8.45. The highest BCUT2D eigenvalue weighted by atomic mass is 16.5. The van der Waals surface area contributed by atoms with Crippen molar-refractivity contribution < 1.29 is 54.1 Å². The van der Waals surface area contributed by atoms with Crippen molar-refractivity contribution in [1.29, 1.82) is 0 Å². The number of aromatic nitrogens is 2. The number of carbonyl (C=O) groups excluding carboxylic acids is 3. The van der Waals surface area contributed by atoms with Crippen LogP contribution in [0, 0.1) is 57.2 Å². The first-order valence-electron chi connectivity index (χ1n) is 37.8. The number of rotatable bonds is 8. The number of dihydropyridines is 1. The summed E-state index contributed by atoms with van der Waals surface area (Å²) in [4.78, 5) is 50.0. The van der Waals surface area contributed by atoms with Gasteiger partial charge in [-0.1, -0.05) is 92.5 Å². The molecule has 11 atom stereocenters. The van der Waals surface area contributed by atoms with Gasteiger partial charge in [-0.05, 0) is 219 Å². The Bertz CT molecular complexity index is 4450. The van der Waals surface area contributed by atoms with Crippen molar-refractivity contribution in [3.8, 4) is 46.3 Å². The van der Waals surface area contributed by atoms with Crippen molar-refractivity contribution in [2.45, 2.75) is 198 Å². The van der Waals surface area contributed by atoms with Crippen molar-refractivity contribution in [3.05, 3.63) is 172 Å². The Morgan fingerprint density at radius 1 is 0.851 bits per heavy atom. The van der Waals surface area contributed by atoms with Crippen LogP contribution in [0.5, 0.6) is 34.5 Å². The average molecular weight is 1360 g/mol. The predicted molar refractivity (Wildman–Crippen MR) is 389 cm³/mol. The van der Waals surface area contributed by atoms with Crippen LogP contribution in [0.3, 0.4) is 0 Å². The lowest BCUT2D eigenvalue weighted by atomic mass is 9.61. The lowest BCUT2D eigenvalue weighted by molar-refractivity contribution is -0.148. The van der Waals surface area contributed by atoms with Gasteiger partial charge in [0.2, 0.25) is 5.75 Å². The highest BCUT2D eigenvalue weighted by Gasteiger charge is 2.57. The average Bonchev–Trinajstić information content (AvgIpc) is 1.53. The third-order valence-corrected chi connectivity index (χ3v) is 26.6. The van der Waals surface area contributed by atoms with Gasteiger partial charge >= 0.3 is 5.97 Å². The molecule has 4 saturated carbocycles. The number of esters is 1. The number of Topliss-reactive ketones (excluding diaryl/α,β-unsaturated/α-hetero) is 2. The highest BCUT2D eigenvalue weighted by Crippen LogP contribution is 2.67. The minimum absolute atomic E-state index is 0.0169. The maximum Gasteiger partial charge on any atom is 0.302 e. The summed E-state index contributed by atoms with van der Waals surface area (Å²) in [6, 6.07) is 19.8. The number of nitrogens with zero attached hydrogens (tertiary/aromatic N) is 2. The highest BCUT2D eigenvalue weighted by molar-refractivity contribution is 6.01. The fourth-order valence-electron chi connectivity index (χ4n) is 21.8. The second-order valence-corrected chi connectivity index (χ2v) is 32.4. The van der Waals surface area contributed by atoms with E-state index in [0.717, 1.165) is 158 Å². The van der Waals surface area contributed by atoms with Crippen LogP contribution in [0.2, 0.25) is 0 Å². The van der Waals surface area contributed by atoms with Crippen LogP contribution < -0.4 is 19.7 Å². The number of aromatic amines is 1. The molecule has 0 saturated heterocycles. The van der Waals surface area contributed by atoms with Crippen LogP contribution >= 0.6 is 0 Å². The van der Waals surface area contributed by atoms with E-state index in [-0.39, 0.29) is 107 Å². The third kappa shape index (κ3) is 12.3. The molecular formula is C86H98N4O11. The van der Waals surface area contributed by atoms with Crippen molar-refractivity contribution >= 4 is 34.0 Å². The number of benzene rings is 4. The Morgan fingerprint density at radius 2 is 1.70 bits per heavy atom. The molecule has 101 heavy (non-hydrogen) atoms. The van der Waals surface area contributed by atoms with Gasteiger partial charge in [0.05, 0.1) is 30.9 Å². The lowest BCUT2D eigenvalue weighted by Gasteiger charge is -2.43. The summed E-state index contributed by atoms with van der Waals surface area (Å²) in [5.74, 6) is 8.18. The molecule has 4 fully saturated rings. The van der Waals surface area contributed by atoms with Gasteiger partial charge in [0.1, 0.15) is 40.7 Å². The first-order valence-corrected chi connectivity index (χ1v) is 37.8. The van der Waals surface area contributed by atoms with Gasteiger partial charge in [-0.15, -0.1) is 0 Å². The molecule has 2 aromatic heterocycles. The fourth-order valence-corrected chi connectivity index (χ4v) is 21.8. The van der Waals surface area contributed by atoms with E-state index in [1.807, 2.05) is 24.3 Å². The SMILES string of the molecule is COc1cc2cc(O)c1Oc1cc(O)cc(c1)CC1(CCCC1)C(CO)CC1CCC3(CCC4(Cc5c6c(ccc7c6cn5C2CC(=O)CC(OC(C)=O)CCC25Cc6c[nH]cc6C(C#CCC2=CC=CC5C)C(c2cccc(O)c2)C2=CCNC(=C2)N7CCC(=O)C2CCCC2)C4O)C3)C1. The number of aliphatic hydroxyl groups is 2. The van der Waals surface area contributed by atoms with E-state index in [9.17, 15) is 35.1 Å². The summed E-state index contributed by atoms with van der Waals surface area (Å²) in [6.07, 6.45) is 33.6. The molecule has 0 amide bonds. The molecule has 14 bridgehead atoms. The zero-order chi connectivity index (χ0) is 69.5. The number of ether oxygens (including phenoxy) is 3. The summed E-state index contributed by atoms with van der Waals surface area (Å²) in [5, 5.41) is 66.5. The molecule has 11 aliphatic rings. The fraction of sp³-hybridized carbons (Fsp3) is 0.500. The van der Waals surface area contributed by atoms with Gasteiger partial charge in [0.25, 0.3) is 0 Å². The molecule has 0 radical (unpaired) electrons. The van der Waals surface area contributed by atoms with E-state index in [0.29, 0.717) is 68.8 Å². The molecule has 15 nitrogen and oxygen atoms in total. The molecule has 4 aromatic carbocycles. The number of H-pyrrole nitrogens is 1. The van der Waals surface area contributed by atoms with Gasteiger partial charge < -0.3 is 59.5 Å². The normalized spacial score (nSPS) is 29.9. The van der Waals surface area contributed by atoms with Gasteiger partial charge in [0.15, 0.2) is 11.5 Å². The van der Waals surface area contributed by atoms with Crippen LogP contribution in [0.1, 0.15) is 212 Å². The van der Waals surface area contributed by atoms with Crippen molar-refractivity contribution in [1.82, 2.24) is 14.9 Å². The quantitative estimate of drug-likeness (QED) is 0.0558. The van der Waals surface area contributed by atoms with Crippen LogP contribution in [-0.4, -0.2) is 85.5 Å². The van der Waals surface area contributed by atoms with E-state index in [1.54, 1.807) is 24.3 Å². The van der Waals surface area contributed by atoms with Crippen LogP contribution in [-0.2, 0) is 38.4 Å². The first kappa shape index (κ1) is 67.1. The number of hydrogen-bond donors (Lipinski definition) is 7. The van der Waals surface area contributed by atoms with E-state index in [4.69, 9.17) is 14.2 Å². The number of anilines is 1. The standard InChI is InChI=1S/C86H98N4O11/c1-52-11-8-15-61-16-10-18-68-70-48-87-47-60(70)45-86(52,61)28-22-66(100-53(2)92)40-65(95)42-73-59-37-76(97)81(77(38-59)99-3)101-67-35-55(34-64(94)41-67)44-84(25-6-7-26-84)62(50-91)33-54-21-27-83(43-54)29-30-85(51-83)46-74-80-69(82(85)98)19-20-72(71(80)49-90(73)74)89(32-24-75(96)56-12-4-5-13-56)78-39-58(23-31-88-78)79(68)57-14-9-17-63(93)36-57/h8-9,11,14-15,17,19-20,23,34-39,41,47-49,52,54,56,62,66,68,73,79,82,87-88,91,93-94,97-98H,4-7,12-13,16,21-22,24-33,40,42-46,50-51H2,1-3H3. The van der Waals surface area contributed by atoms with Crippen LogP contribution in [0.15, 0.2) is 133 Å². The smallest absolute Gasteiger partial charge is 0.302 e. The zero-order valence-electron chi connectivity index (χ0n) is 58.8. The number of aromatic hydroxyl groups is 3. The van der Waals surface area contributed by atoms with E-state index < -0.39 is 35.0 Å². The second kappa shape index (κ2) is 26.7. The van der Waals surface area contributed by atoms with Crippen molar-refractivity contribution in [3.63, 3.8) is 0 Å². The molecule has 528 valence electrons. The number of hydrogen-bond acceptors (Lipinski definition) is 13. The predicted octanol–water partition coefficient (Wildman–Crippen LogP) is 16.2. The molecule has 15 heteroatoms. The van der Waals surface area contributed by atoms with Crippen molar-refractivity contribution in [2.75, 3.05) is 31.7 Å². The first-order chi connectivity index (χ1) is 48.9. The van der Waals surface area contributed by atoms with Gasteiger partial charge in [-0.2, -0.15) is 0 Å². The zero-order valence-corrected chi connectivity index (χ0v) is 58.8. The molecule has 7 N–H and O–H groups in total. The number of carbonyl (C=O) groups is 3. The number of ketones is 2. The minimum Gasteiger partial charge on any atom is -0.508 e. The Labute approximate surface area is 593 Å². The van der Waals surface area contributed by atoms with E-state index >= 15 is 4.79 Å². The summed E-state index contributed by atoms with van der Waals surface area (Å²) in [5.41, 5.74) is 7.99. The largest absolute Gasteiger partial charge is 0.508 e. The lowest BCUT2D eigenvalue weighted by Crippen LogP contribution is -2.37. The van der Waals surface area contributed by atoms with Crippen molar-refractivity contribution in [2.24, 2.45) is 45.3 Å². The maximum atomic E-state index is 16.0. The molecule has 11 unspecified atom stereocenters. The molecule has 7 aliphatic carbocycles. The number of fused-ring (bicyclic) bond motifs is 4. The summed E-state index contributed by atoms with van der Waals surface area (Å²) >= 11 is 0. The Balaban J connectivity index is 0.919. The minimum atomic E-state index is -0.841. The van der Waals surface area contributed by atoms with Gasteiger partial charge in [-0.25, -0.2) is 0 Å². The summed E-state index contributed by atoms with van der Waals surface area (Å²) in [6.45, 7) is 4.53. The number of allylic oxidation sites excluding steroid dienone is 6. The number of nitrogens with one attached hydrogen (secondary N) is 2. The molecule has 17 rings (SSSR count). The van der Waals surface area contributed by atoms with Crippen LogP contribution in [0.4, 0.5) is 5.69 Å². The van der Waals surface area contributed by atoms with Crippen LogP contribution in [0.25, 0.3) is 10.8 Å². The third-order valence-electron chi connectivity index (χ3n) is 26.6. The summed E-state index contributed by atoms with van der Waals surface area (Å²) < 4.78 is 21.6. The Morgan fingerprint density at radius 3 is 2.51 bits per heavy atom. The molecular weight excluding hydrogens is 1260 g/mol. The maximum absolute atomic E-state index is 16.0. The molecule has 4 aliphatic heterocycles. The number of phenols is 3. The summed E-state index contributed by atoms with van der Waals surface area (Å²) in [7, 11) is 1.53. The number of phenolic OH excluding ortho intramolecular Hbond substituents is 3.